The highest BCUT2D eigenvalue weighted by molar-refractivity contribution is 7.13. The number of thiazole rings is 1. The van der Waals surface area contributed by atoms with Crippen molar-refractivity contribution in [2.75, 3.05) is 17.7 Å². The Morgan fingerprint density at radius 2 is 2.11 bits per heavy atom. The number of nitrogens with zero attached hydrogens (tertiary/aromatic N) is 3. The lowest BCUT2D eigenvalue weighted by atomic mass is 10.3. The van der Waals surface area contributed by atoms with E-state index in [1.54, 1.807) is 11.3 Å². The molecule has 0 bridgehead atoms. The van der Waals surface area contributed by atoms with Gasteiger partial charge >= 0.3 is 0 Å². The molecule has 0 spiro atoms. The van der Waals surface area contributed by atoms with Crippen LogP contribution in [-0.4, -0.2) is 22.0 Å². The van der Waals surface area contributed by atoms with Crippen LogP contribution in [0.4, 0.5) is 10.9 Å². The third-order valence-electron chi connectivity index (χ3n) is 2.43. The molecular formula is C12H17N5S. The Hall–Kier alpha value is -1.69. The smallest absolute Gasteiger partial charge is 0.182 e. The second-order valence-electron chi connectivity index (χ2n) is 3.91. The van der Waals surface area contributed by atoms with E-state index in [9.17, 15) is 0 Å². The molecule has 0 saturated heterocycles. The predicted molar refractivity (Wildman–Crippen MR) is 75.1 cm³/mol. The zero-order valence-electron chi connectivity index (χ0n) is 10.8. The normalized spacial score (nSPS) is 10.4. The zero-order chi connectivity index (χ0) is 13.0. The summed E-state index contributed by atoms with van der Waals surface area (Å²) in [6, 6.07) is 1.95. The van der Waals surface area contributed by atoms with Crippen LogP contribution in [0.3, 0.4) is 0 Å². The van der Waals surface area contributed by atoms with Crippen molar-refractivity contribution in [1.29, 1.82) is 0 Å². The Kier molecular flexibility index (Phi) is 4.09. The molecule has 2 aromatic rings. The Morgan fingerprint density at radius 3 is 2.78 bits per heavy atom. The van der Waals surface area contributed by atoms with Gasteiger partial charge in [-0.3, -0.25) is 0 Å². The molecule has 2 rings (SSSR count). The van der Waals surface area contributed by atoms with E-state index in [1.807, 2.05) is 25.4 Å². The molecule has 6 heteroatoms. The molecule has 0 amide bonds. The van der Waals surface area contributed by atoms with Crippen LogP contribution in [0.2, 0.25) is 0 Å². The highest BCUT2D eigenvalue weighted by Crippen LogP contribution is 2.15. The van der Waals surface area contributed by atoms with Crippen LogP contribution >= 0.6 is 11.3 Å². The summed E-state index contributed by atoms with van der Waals surface area (Å²) in [7, 11) is 1.87. The Morgan fingerprint density at radius 1 is 1.28 bits per heavy atom. The van der Waals surface area contributed by atoms with Crippen molar-refractivity contribution in [1.82, 2.24) is 15.0 Å². The number of rotatable bonds is 5. The SMILES string of the molecule is CCc1nc(C)cc(NCc2csc(NC)n2)n1. The lowest BCUT2D eigenvalue weighted by Gasteiger charge is -2.06. The fourth-order valence-electron chi connectivity index (χ4n) is 1.56. The molecule has 0 aromatic carbocycles. The molecule has 5 nitrogen and oxygen atoms in total. The van der Waals surface area contributed by atoms with Crippen molar-refractivity contribution in [3.8, 4) is 0 Å². The van der Waals surface area contributed by atoms with Crippen LogP contribution in [0.1, 0.15) is 24.1 Å². The first-order valence-electron chi connectivity index (χ1n) is 5.92. The van der Waals surface area contributed by atoms with E-state index < -0.39 is 0 Å². The van der Waals surface area contributed by atoms with Gasteiger partial charge in [0.15, 0.2) is 5.13 Å². The van der Waals surface area contributed by atoms with Gasteiger partial charge in [0.2, 0.25) is 0 Å². The molecule has 0 atom stereocenters. The van der Waals surface area contributed by atoms with Crippen molar-refractivity contribution in [3.63, 3.8) is 0 Å². The largest absolute Gasteiger partial charge is 0.365 e. The molecule has 96 valence electrons. The van der Waals surface area contributed by atoms with E-state index in [0.29, 0.717) is 6.54 Å². The average Bonchev–Trinajstić information content (AvgIpc) is 2.83. The van der Waals surface area contributed by atoms with Crippen molar-refractivity contribution >= 4 is 22.3 Å². The molecule has 2 heterocycles. The Bertz CT molecular complexity index is 523. The lowest BCUT2D eigenvalue weighted by molar-refractivity contribution is 0.909. The number of aromatic nitrogens is 3. The van der Waals surface area contributed by atoms with Crippen LogP contribution < -0.4 is 10.6 Å². The molecule has 0 aliphatic rings. The van der Waals surface area contributed by atoms with Gasteiger partial charge in [-0.1, -0.05) is 6.92 Å². The molecule has 0 unspecified atom stereocenters. The van der Waals surface area contributed by atoms with Gasteiger partial charge in [-0.25, -0.2) is 15.0 Å². The molecule has 0 aliphatic carbocycles. The first-order chi connectivity index (χ1) is 8.71. The fourth-order valence-corrected chi connectivity index (χ4v) is 2.23. The van der Waals surface area contributed by atoms with Gasteiger partial charge in [-0.15, -0.1) is 11.3 Å². The summed E-state index contributed by atoms with van der Waals surface area (Å²) in [5.41, 5.74) is 2.00. The number of nitrogens with one attached hydrogen (secondary N) is 2. The van der Waals surface area contributed by atoms with Crippen molar-refractivity contribution in [3.05, 3.63) is 28.7 Å². The van der Waals surface area contributed by atoms with Gasteiger partial charge in [0.05, 0.1) is 12.2 Å². The van der Waals surface area contributed by atoms with Gasteiger partial charge < -0.3 is 10.6 Å². The molecule has 0 fully saturated rings. The molecule has 0 aliphatic heterocycles. The van der Waals surface area contributed by atoms with Crippen LogP contribution in [0.25, 0.3) is 0 Å². The molecule has 0 saturated carbocycles. The second kappa shape index (κ2) is 5.77. The number of aryl methyl sites for hydroxylation is 2. The monoisotopic (exact) mass is 263 g/mol. The molecule has 0 radical (unpaired) electrons. The van der Waals surface area contributed by atoms with Gasteiger partial charge in [-0.05, 0) is 6.92 Å². The van der Waals surface area contributed by atoms with E-state index in [0.717, 1.165) is 34.6 Å². The maximum Gasteiger partial charge on any atom is 0.182 e. The van der Waals surface area contributed by atoms with Gasteiger partial charge in [-0.2, -0.15) is 0 Å². The summed E-state index contributed by atoms with van der Waals surface area (Å²) in [5, 5.41) is 9.27. The third kappa shape index (κ3) is 3.16. The predicted octanol–water partition coefficient (Wildman–Crippen LogP) is 2.46. The highest BCUT2D eigenvalue weighted by atomic mass is 32.1. The fraction of sp³-hybridized carbons (Fsp3) is 0.417. The van der Waals surface area contributed by atoms with Gasteiger partial charge in [0.25, 0.3) is 0 Å². The van der Waals surface area contributed by atoms with E-state index in [1.165, 1.54) is 0 Å². The van der Waals surface area contributed by atoms with Crippen LogP contribution in [-0.2, 0) is 13.0 Å². The van der Waals surface area contributed by atoms with Gasteiger partial charge in [0.1, 0.15) is 11.6 Å². The van der Waals surface area contributed by atoms with Crippen LogP contribution in [0.5, 0.6) is 0 Å². The highest BCUT2D eigenvalue weighted by Gasteiger charge is 2.03. The third-order valence-corrected chi connectivity index (χ3v) is 3.34. The van der Waals surface area contributed by atoms with Crippen molar-refractivity contribution in [2.24, 2.45) is 0 Å². The van der Waals surface area contributed by atoms with E-state index >= 15 is 0 Å². The minimum absolute atomic E-state index is 0.678. The van der Waals surface area contributed by atoms with Gasteiger partial charge in [0, 0.05) is 30.6 Å². The van der Waals surface area contributed by atoms with E-state index in [4.69, 9.17) is 0 Å². The summed E-state index contributed by atoms with van der Waals surface area (Å²) >= 11 is 1.60. The summed E-state index contributed by atoms with van der Waals surface area (Å²) in [4.78, 5) is 13.2. The topological polar surface area (TPSA) is 62.7 Å². The van der Waals surface area contributed by atoms with Crippen molar-refractivity contribution in [2.45, 2.75) is 26.8 Å². The Balaban J connectivity index is 2.03. The quantitative estimate of drug-likeness (QED) is 0.867. The van der Waals surface area contributed by atoms with Crippen molar-refractivity contribution < 1.29 is 0 Å². The first kappa shape index (κ1) is 12.8. The van der Waals surface area contributed by atoms with E-state index in [-0.39, 0.29) is 0 Å². The standard InChI is InChI=1S/C12H17N5S/c1-4-10-15-8(2)5-11(17-10)14-6-9-7-18-12(13-3)16-9/h5,7H,4,6H2,1-3H3,(H,13,16)(H,14,15,17). The summed E-state index contributed by atoms with van der Waals surface area (Å²) < 4.78 is 0. The summed E-state index contributed by atoms with van der Waals surface area (Å²) in [6.07, 6.45) is 0.844. The summed E-state index contributed by atoms with van der Waals surface area (Å²) in [6.45, 7) is 4.71. The minimum Gasteiger partial charge on any atom is -0.365 e. The first-order valence-corrected chi connectivity index (χ1v) is 6.79. The summed E-state index contributed by atoms with van der Waals surface area (Å²) in [5.74, 6) is 1.73. The van der Waals surface area contributed by atoms with E-state index in [2.05, 4.69) is 32.5 Å². The zero-order valence-corrected chi connectivity index (χ0v) is 11.6. The maximum absolute atomic E-state index is 4.43. The molecular weight excluding hydrogens is 246 g/mol. The molecule has 2 aromatic heterocycles. The number of hydrogen-bond acceptors (Lipinski definition) is 6. The lowest BCUT2D eigenvalue weighted by Crippen LogP contribution is -2.05. The average molecular weight is 263 g/mol. The van der Waals surface area contributed by atoms with Crippen LogP contribution in [0, 0.1) is 6.92 Å². The molecule has 2 N–H and O–H groups in total. The molecule has 18 heavy (non-hydrogen) atoms. The minimum atomic E-state index is 0.678. The van der Waals surface area contributed by atoms with Crippen LogP contribution in [0.15, 0.2) is 11.4 Å². The maximum atomic E-state index is 4.43. The Labute approximate surface area is 111 Å². The number of hydrogen-bond donors (Lipinski definition) is 2. The number of anilines is 2. The second-order valence-corrected chi connectivity index (χ2v) is 4.77.